The van der Waals surface area contributed by atoms with Crippen LogP contribution in [0.5, 0.6) is 11.6 Å². The van der Waals surface area contributed by atoms with Crippen LogP contribution in [0, 0.1) is 5.41 Å². The molecule has 2 aliphatic heterocycles. The molecule has 0 unspecified atom stereocenters. The van der Waals surface area contributed by atoms with Crippen LogP contribution in [0.25, 0.3) is 0 Å². The van der Waals surface area contributed by atoms with E-state index in [4.69, 9.17) is 14.6 Å². The maximum absolute atomic E-state index is 13.5. The van der Waals surface area contributed by atoms with E-state index < -0.39 is 16.6 Å². The zero-order chi connectivity index (χ0) is 26.3. The lowest BCUT2D eigenvalue weighted by atomic mass is 9.93. The van der Waals surface area contributed by atoms with E-state index in [1.165, 1.54) is 12.8 Å². The molecule has 3 fully saturated rings. The Balaban J connectivity index is 1.27. The van der Waals surface area contributed by atoms with E-state index in [1.807, 2.05) is 0 Å². The molecule has 0 atom stereocenters. The van der Waals surface area contributed by atoms with Crippen LogP contribution in [0.3, 0.4) is 0 Å². The van der Waals surface area contributed by atoms with Gasteiger partial charge in [-0.15, -0.1) is 0 Å². The third-order valence-electron chi connectivity index (χ3n) is 8.20. The molecule has 38 heavy (non-hydrogen) atoms. The Morgan fingerprint density at radius 3 is 2.66 bits per heavy atom. The average molecular weight is 543 g/mol. The summed E-state index contributed by atoms with van der Waals surface area (Å²) in [5.41, 5.74) is 3.38. The van der Waals surface area contributed by atoms with Crippen LogP contribution in [0.4, 0.5) is 17.1 Å². The molecule has 3 heterocycles. The van der Waals surface area contributed by atoms with Gasteiger partial charge in [0.2, 0.25) is 10.0 Å². The summed E-state index contributed by atoms with van der Waals surface area (Å²) in [4.78, 5) is 20.2. The zero-order valence-corrected chi connectivity index (χ0v) is 22.2. The van der Waals surface area contributed by atoms with Gasteiger partial charge >= 0.3 is 0 Å². The summed E-state index contributed by atoms with van der Waals surface area (Å²) >= 11 is 0. The van der Waals surface area contributed by atoms with Gasteiger partial charge in [-0.2, -0.15) is 0 Å². The first kappa shape index (κ1) is 25.2. The van der Waals surface area contributed by atoms with Crippen LogP contribution in [-0.4, -0.2) is 62.6 Å². The van der Waals surface area contributed by atoms with E-state index in [2.05, 4.69) is 19.9 Å². The first-order valence-electron chi connectivity index (χ1n) is 13.5. The van der Waals surface area contributed by atoms with E-state index in [9.17, 15) is 13.2 Å². The van der Waals surface area contributed by atoms with E-state index in [0.717, 1.165) is 56.4 Å². The van der Waals surface area contributed by atoms with Gasteiger partial charge in [0, 0.05) is 25.1 Å². The molecule has 6 rings (SSSR count). The number of nitrogens with one attached hydrogen (secondary N) is 2. The summed E-state index contributed by atoms with van der Waals surface area (Å²) in [6.07, 6.45) is 8.57. The van der Waals surface area contributed by atoms with Gasteiger partial charge in [0.1, 0.15) is 11.8 Å². The van der Waals surface area contributed by atoms with Crippen molar-refractivity contribution in [3.63, 3.8) is 0 Å². The maximum Gasteiger partial charge on any atom is 0.274 e. The number of aliphatic hydroxyl groups excluding tert-OH is 1. The highest BCUT2D eigenvalue weighted by molar-refractivity contribution is 7.92. The Kier molecular flexibility index (Phi) is 6.59. The lowest BCUT2D eigenvalue weighted by molar-refractivity contribution is 0.0998. The number of pyridine rings is 1. The molecule has 1 amide bonds. The van der Waals surface area contributed by atoms with E-state index >= 15 is 0 Å². The molecule has 2 saturated carbocycles. The Hall–Kier alpha value is -3.05. The van der Waals surface area contributed by atoms with Crippen molar-refractivity contribution in [1.29, 1.82) is 0 Å². The standard InChI is InChI=1S/C27H34N4O6S/c32-13-15-38(34,35)30-19-4-5-21(23(17-19)31-11-9-27(7-8-27)10-12-31)28-25(33)22-16-18-6-14-36-24(18)26(29-22)37-20-2-1-3-20/h4-5,16-17,20,30,32H,1-3,6-15H2,(H,28,33). The van der Waals surface area contributed by atoms with E-state index in [-0.39, 0.29) is 23.5 Å². The van der Waals surface area contributed by atoms with Gasteiger partial charge in [0.25, 0.3) is 11.8 Å². The maximum atomic E-state index is 13.5. The Morgan fingerprint density at radius 2 is 1.97 bits per heavy atom. The number of rotatable bonds is 9. The van der Waals surface area contributed by atoms with Crippen LogP contribution in [0.2, 0.25) is 0 Å². The minimum atomic E-state index is -3.68. The summed E-state index contributed by atoms with van der Waals surface area (Å²) in [5, 5.41) is 12.1. The number of sulfonamides is 1. The van der Waals surface area contributed by atoms with Crippen molar-refractivity contribution in [3.8, 4) is 11.6 Å². The monoisotopic (exact) mass is 542 g/mol. The molecule has 1 saturated heterocycles. The lowest BCUT2D eigenvalue weighted by Gasteiger charge is -2.35. The highest BCUT2D eigenvalue weighted by Crippen LogP contribution is 2.54. The van der Waals surface area contributed by atoms with Crippen LogP contribution in [-0.2, 0) is 16.4 Å². The van der Waals surface area contributed by atoms with Crippen molar-refractivity contribution in [2.24, 2.45) is 5.41 Å². The minimum Gasteiger partial charge on any atom is -0.487 e. The largest absolute Gasteiger partial charge is 0.487 e. The van der Waals surface area contributed by atoms with Gasteiger partial charge in [-0.3, -0.25) is 9.52 Å². The molecule has 2 aromatic rings. The van der Waals surface area contributed by atoms with E-state index in [1.54, 1.807) is 24.3 Å². The van der Waals surface area contributed by atoms with Gasteiger partial charge in [-0.1, -0.05) is 0 Å². The fraction of sp³-hybridized carbons (Fsp3) is 0.556. The second kappa shape index (κ2) is 9.92. The summed E-state index contributed by atoms with van der Waals surface area (Å²) in [6.45, 7) is 1.75. The van der Waals surface area contributed by atoms with Gasteiger partial charge in [0.15, 0.2) is 5.75 Å². The SMILES string of the molecule is O=C(Nc1ccc(NS(=O)(=O)CCO)cc1N1CCC2(CC1)CC2)c1cc2c(c(OC3CCC3)n1)OCC2. The van der Waals surface area contributed by atoms with Crippen molar-refractivity contribution in [2.75, 3.05) is 47.0 Å². The molecule has 1 aromatic carbocycles. The predicted octanol–water partition coefficient (Wildman–Crippen LogP) is 3.31. The third-order valence-corrected chi connectivity index (χ3v) is 9.47. The first-order valence-corrected chi connectivity index (χ1v) is 15.1. The highest BCUT2D eigenvalue weighted by atomic mass is 32.2. The number of benzene rings is 1. The van der Waals surface area contributed by atoms with Gasteiger partial charge in [-0.25, -0.2) is 13.4 Å². The fourth-order valence-electron chi connectivity index (χ4n) is 5.40. The molecule has 0 bridgehead atoms. The fourth-order valence-corrected chi connectivity index (χ4v) is 6.23. The number of ether oxygens (including phenoxy) is 2. The number of nitrogens with zero attached hydrogens (tertiary/aromatic N) is 2. The number of piperidine rings is 1. The molecule has 11 heteroatoms. The van der Waals surface area contributed by atoms with Crippen molar-refractivity contribution < 1.29 is 27.8 Å². The number of anilines is 3. The molecular weight excluding hydrogens is 508 g/mol. The van der Waals surface area contributed by atoms with Crippen molar-refractivity contribution in [3.05, 3.63) is 35.5 Å². The molecule has 0 radical (unpaired) electrons. The third kappa shape index (κ3) is 5.26. The van der Waals surface area contributed by atoms with Crippen LogP contribution in [0.1, 0.15) is 61.0 Å². The number of hydrogen-bond donors (Lipinski definition) is 3. The van der Waals surface area contributed by atoms with Gasteiger partial charge < -0.3 is 24.8 Å². The predicted molar refractivity (Wildman–Crippen MR) is 144 cm³/mol. The average Bonchev–Trinajstić information content (AvgIpc) is 3.43. The van der Waals surface area contributed by atoms with Crippen molar-refractivity contribution in [1.82, 2.24) is 4.98 Å². The number of aromatic nitrogens is 1. The molecule has 10 nitrogen and oxygen atoms in total. The van der Waals surface area contributed by atoms with Gasteiger partial charge in [-0.05, 0) is 74.6 Å². The number of carbonyl (C=O) groups is 1. The van der Waals surface area contributed by atoms with Gasteiger partial charge in [0.05, 0.1) is 36.0 Å². The summed E-state index contributed by atoms with van der Waals surface area (Å²) in [5.74, 6) is 0.278. The summed E-state index contributed by atoms with van der Waals surface area (Å²) in [6, 6.07) is 6.86. The molecule has 1 aromatic heterocycles. The number of carbonyl (C=O) groups excluding carboxylic acids is 1. The molecule has 3 N–H and O–H groups in total. The quantitative estimate of drug-likeness (QED) is 0.440. The summed E-state index contributed by atoms with van der Waals surface area (Å²) in [7, 11) is -3.68. The smallest absolute Gasteiger partial charge is 0.274 e. The molecular formula is C27H34N4O6S. The topological polar surface area (TPSA) is 130 Å². The highest BCUT2D eigenvalue weighted by Gasteiger charge is 2.44. The second-order valence-electron chi connectivity index (χ2n) is 10.9. The Bertz CT molecular complexity index is 1330. The first-order chi connectivity index (χ1) is 18.3. The normalized spacial score (nSPS) is 19.9. The number of fused-ring (bicyclic) bond motifs is 1. The van der Waals surface area contributed by atoms with Crippen LogP contribution in [0.15, 0.2) is 24.3 Å². The summed E-state index contributed by atoms with van der Waals surface area (Å²) < 4.78 is 38.9. The van der Waals surface area contributed by atoms with Crippen LogP contribution < -0.4 is 24.4 Å². The minimum absolute atomic E-state index is 0.108. The second-order valence-corrected chi connectivity index (χ2v) is 12.7. The van der Waals surface area contributed by atoms with Crippen molar-refractivity contribution >= 4 is 33.0 Å². The number of amides is 1. The molecule has 2 aliphatic carbocycles. The van der Waals surface area contributed by atoms with Crippen molar-refractivity contribution in [2.45, 2.75) is 57.5 Å². The Labute approximate surface area is 222 Å². The lowest BCUT2D eigenvalue weighted by Crippen LogP contribution is -2.35. The number of aliphatic hydroxyl groups is 1. The molecule has 1 spiro atoms. The Morgan fingerprint density at radius 1 is 1.18 bits per heavy atom. The molecule has 4 aliphatic rings. The van der Waals surface area contributed by atoms with Crippen LogP contribution >= 0.6 is 0 Å². The zero-order valence-electron chi connectivity index (χ0n) is 21.4. The number of hydrogen-bond acceptors (Lipinski definition) is 8. The van der Waals surface area contributed by atoms with E-state index in [0.29, 0.717) is 41.4 Å². The molecule has 204 valence electrons.